The topological polar surface area (TPSA) is 42.0 Å². The highest BCUT2D eigenvalue weighted by Gasteiger charge is 2.36. The lowest BCUT2D eigenvalue weighted by Crippen LogP contribution is -2.30. The number of hydrogen-bond donors (Lipinski definition) is 0. The van der Waals surface area contributed by atoms with Crippen LogP contribution in [0.2, 0.25) is 5.02 Å². The van der Waals surface area contributed by atoms with Gasteiger partial charge in [0.05, 0.1) is 17.3 Å². The summed E-state index contributed by atoms with van der Waals surface area (Å²) < 4.78 is 12.3. The van der Waals surface area contributed by atoms with Crippen LogP contribution in [-0.2, 0) is 11.4 Å². The molecule has 1 heterocycles. The van der Waals surface area contributed by atoms with Crippen molar-refractivity contribution in [2.75, 3.05) is 19.1 Å². The average Bonchev–Trinajstić information content (AvgIpc) is 3.02. The molecule has 3 aromatic carbocycles. The number of anilines is 1. The third-order valence-corrected chi connectivity index (χ3v) is 6.43. The van der Waals surface area contributed by atoms with Crippen molar-refractivity contribution in [1.29, 1.82) is 0 Å². The van der Waals surface area contributed by atoms with Gasteiger partial charge in [-0.25, -0.2) is 0 Å². The van der Waals surface area contributed by atoms with Gasteiger partial charge in [0.25, 0.3) is 5.91 Å². The maximum Gasteiger partial charge on any atom is 0.281 e. The number of hydrogen-bond acceptors (Lipinski definition) is 4. The van der Waals surface area contributed by atoms with E-state index in [-0.39, 0.29) is 5.91 Å². The van der Waals surface area contributed by atoms with E-state index < -0.39 is 0 Å². The largest absolute Gasteiger partial charge is 0.493 e. The summed E-state index contributed by atoms with van der Waals surface area (Å²) in [6.07, 6.45) is 1.79. The molecule has 1 aliphatic heterocycles. The molecule has 33 heavy (non-hydrogen) atoms. The molecule has 5 nitrogen and oxygen atoms in total. The number of carbonyl (C=O) groups is 1. The van der Waals surface area contributed by atoms with Crippen LogP contribution in [0.3, 0.4) is 0 Å². The second-order valence-electron chi connectivity index (χ2n) is 7.30. The quantitative estimate of drug-likeness (QED) is 0.270. The molecule has 0 aliphatic carbocycles. The zero-order chi connectivity index (χ0) is 23.5. The first-order valence-corrected chi connectivity index (χ1v) is 11.6. The van der Waals surface area contributed by atoms with Gasteiger partial charge in [-0.3, -0.25) is 9.69 Å². The first kappa shape index (κ1) is 23.3. The molecule has 1 aliphatic rings. The van der Waals surface area contributed by atoms with Gasteiger partial charge < -0.3 is 14.4 Å². The van der Waals surface area contributed by atoms with Crippen molar-refractivity contribution in [1.82, 2.24) is 4.90 Å². The highest BCUT2D eigenvalue weighted by molar-refractivity contribution is 9.10. The summed E-state index contributed by atoms with van der Waals surface area (Å²) in [5.41, 5.74) is 2.94. The van der Waals surface area contributed by atoms with Gasteiger partial charge in [-0.1, -0.05) is 41.9 Å². The molecule has 168 valence electrons. The van der Waals surface area contributed by atoms with Gasteiger partial charge in [-0.2, -0.15) is 0 Å². The fraction of sp³-hybridized carbons (Fsp3) is 0.120. The molecule has 0 aromatic heterocycles. The molecular formula is C25H20BrClN2O3S. The monoisotopic (exact) mass is 542 g/mol. The number of likely N-dealkylation sites (N-methyl/N-ethyl adjacent to an activating group) is 1. The van der Waals surface area contributed by atoms with Crippen LogP contribution in [-0.4, -0.2) is 30.1 Å². The van der Waals surface area contributed by atoms with Crippen LogP contribution < -0.4 is 14.4 Å². The van der Waals surface area contributed by atoms with Crippen molar-refractivity contribution in [3.8, 4) is 11.5 Å². The Morgan fingerprint density at radius 3 is 2.45 bits per heavy atom. The fourth-order valence-electron chi connectivity index (χ4n) is 3.42. The number of para-hydroxylation sites is 1. The lowest BCUT2D eigenvalue weighted by atomic mass is 10.1. The summed E-state index contributed by atoms with van der Waals surface area (Å²) in [5, 5.41) is 1.10. The Kier molecular flexibility index (Phi) is 7.02. The standard InChI is InChI=1S/C25H20BrClN2O3S/c1-28-21(24(30)29(25(28)33)19-6-4-3-5-7-19)13-17-12-20(26)23(22(14-17)31-2)32-15-16-8-10-18(27)11-9-16/h3-14H,15H2,1-2H3/b21-13-. The Hall–Kier alpha value is -2.87. The molecule has 1 saturated heterocycles. The number of methoxy groups -OCH3 is 1. The molecule has 0 N–H and O–H groups in total. The van der Waals surface area contributed by atoms with E-state index in [9.17, 15) is 4.79 Å². The molecule has 1 fully saturated rings. The highest BCUT2D eigenvalue weighted by atomic mass is 79.9. The molecule has 0 radical (unpaired) electrons. The highest BCUT2D eigenvalue weighted by Crippen LogP contribution is 2.38. The molecule has 8 heteroatoms. The minimum atomic E-state index is -0.188. The molecule has 3 aromatic rings. The van der Waals surface area contributed by atoms with Gasteiger partial charge in [-0.05, 0) is 81.7 Å². The minimum Gasteiger partial charge on any atom is -0.493 e. The van der Waals surface area contributed by atoms with Crippen molar-refractivity contribution in [2.24, 2.45) is 0 Å². The number of amides is 1. The first-order valence-electron chi connectivity index (χ1n) is 10.0. The number of benzene rings is 3. The summed E-state index contributed by atoms with van der Waals surface area (Å²) in [6, 6.07) is 20.5. The normalized spacial score (nSPS) is 14.8. The van der Waals surface area contributed by atoms with Crippen LogP contribution in [0.25, 0.3) is 6.08 Å². The number of thiocarbonyl (C=S) groups is 1. The lowest BCUT2D eigenvalue weighted by molar-refractivity contribution is -0.114. The molecule has 1 amide bonds. The van der Waals surface area contributed by atoms with Gasteiger partial charge in [0.2, 0.25) is 0 Å². The number of nitrogens with zero attached hydrogens (tertiary/aromatic N) is 2. The van der Waals surface area contributed by atoms with E-state index in [4.69, 9.17) is 33.3 Å². The van der Waals surface area contributed by atoms with Crippen molar-refractivity contribution in [3.05, 3.63) is 93.0 Å². The van der Waals surface area contributed by atoms with Crippen LogP contribution in [0.4, 0.5) is 5.69 Å². The predicted octanol–water partition coefficient (Wildman–Crippen LogP) is 6.29. The van der Waals surface area contributed by atoms with Crippen LogP contribution in [0, 0.1) is 0 Å². The maximum absolute atomic E-state index is 13.2. The van der Waals surface area contributed by atoms with E-state index in [1.807, 2.05) is 66.7 Å². The van der Waals surface area contributed by atoms with Gasteiger partial charge in [0, 0.05) is 12.1 Å². The zero-order valence-corrected chi connectivity index (χ0v) is 21.1. The molecular weight excluding hydrogens is 524 g/mol. The van der Waals surface area contributed by atoms with Crippen LogP contribution in [0.5, 0.6) is 11.5 Å². The molecule has 0 atom stereocenters. The predicted molar refractivity (Wildman–Crippen MR) is 139 cm³/mol. The summed E-state index contributed by atoms with van der Waals surface area (Å²) >= 11 is 15.1. The third kappa shape index (κ3) is 4.90. The van der Waals surface area contributed by atoms with Crippen LogP contribution in [0.1, 0.15) is 11.1 Å². The van der Waals surface area contributed by atoms with E-state index in [1.165, 1.54) is 4.90 Å². The zero-order valence-electron chi connectivity index (χ0n) is 17.9. The lowest BCUT2D eigenvalue weighted by Gasteiger charge is -2.16. The maximum atomic E-state index is 13.2. The van der Waals surface area contributed by atoms with Crippen molar-refractivity contribution >= 4 is 62.5 Å². The summed E-state index contributed by atoms with van der Waals surface area (Å²) in [7, 11) is 3.36. The number of carbonyl (C=O) groups excluding carboxylic acids is 1. The fourth-order valence-corrected chi connectivity index (χ4v) is 4.41. The SMILES string of the molecule is COc1cc(/C=C2/C(=O)N(c3ccccc3)C(=S)N2C)cc(Br)c1OCc1ccc(Cl)cc1. The van der Waals surface area contributed by atoms with Gasteiger partial charge >= 0.3 is 0 Å². The van der Waals surface area contributed by atoms with E-state index in [0.29, 0.717) is 38.4 Å². The second-order valence-corrected chi connectivity index (χ2v) is 8.95. The molecule has 0 unspecified atom stereocenters. The smallest absolute Gasteiger partial charge is 0.281 e. The van der Waals surface area contributed by atoms with Gasteiger partial charge in [-0.15, -0.1) is 0 Å². The van der Waals surface area contributed by atoms with E-state index >= 15 is 0 Å². The summed E-state index contributed by atoms with van der Waals surface area (Å²) in [6.45, 7) is 0.355. The molecule has 0 saturated carbocycles. The number of halogens is 2. The van der Waals surface area contributed by atoms with Gasteiger partial charge in [0.1, 0.15) is 12.3 Å². The second kappa shape index (κ2) is 9.95. The van der Waals surface area contributed by atoms with Crippen molar-refractivity contribution in [3.63, 3.8) is 0 Å². The van der Waals surface area contributed by atoms with Gasteiger partial charge in [0.15, 0.2) is 16.6 Å². The van der Waals surface area contributed by atoms with Crippen molar-refractivity contribution in [2.45, 2.75) is 6.61 Å². The summed E-state index contributed by atoms with van der Waals surface area (Å²) in [4.78, 5) is 16.4. The molecule has 4 rings (SSSR count). The van der Waals surface area contributed by atoms with E-state index in [2.05, 4.69) is 15.9 Å². The Bertz CT molecular complexity index is 1230. The Morgan fingerprint density at radius 1 is 1.09 bits per heavy atom. The Balaban J connectivity index is 1.61. The minimum absolute atomic E-state index is 0.188. The number of ether oxygens (including phenoxy) is 2. The Labute approximate surface area is 211 Å². The Morgan fingerprint density at radius 2 is 1.79 bits per heavy atom. The van der Waals surface area contributed by atoms with Crippen LogP contribution in [0.15, 0.2) is 76.9 Å². The first-order chi connectivity index (χ1) is 15.9. The number of rotatable bonds is 6. The van der Waals surface area contributed by atoms with Crippen LogP contribution >= 0.6 is 39.7 Å². The molecule has 0 spiro atoms. The van der Waals surface area contributed by atoms with Crippen molar-refractivity contribution < 1.29 is 14.3 Å². The van der Waals surface area contributed by atoms with E-state index in [1.54, 1.807) is 25.1 Å². The average molecular weight is 544 g/mol. The molecule has 0 bridgehead atoms. The third-order valence-electron chi connectivity index (χ3n) is 5.13. The summed E-state index contributed by atoms with van der Waals surface area (Å²) in [5.74, 6) is 0.926. The van der Waals surface area contributed by atoms with E-state index in [0.717, 1.165) is 16.8 Å².